The van der Waals surface area contributed by atoms with Crippen molar-refractivity contribution in [3.05, 3.63) is 68.3 Å². The zero-order valence-corrected chi connectivity index (χ0v) is 17.0. The molecule has 30 heavy (non-hydrogen) atoms. The zero-order valence-electron chi connectivity index (χ0n) is 14.7. The lowest BCUT2D eigenvalue weighted by Crippen LogP contribution is -2.24. The van der Waals surface area contributed by atoms with Crippen molar-refractivity contribution in [2.75, 3.05) is 13.2 Å². The van der Waals surface area contributed by atoms with Gasteiger partial charge in [-0.1, -0.05) is 29.3 Å². The van der Waals surface area contributed by atoms with Gasteiger partial charge in [-0.25, -0.2) is 18.1 Å². The molecule has 0 saturated carbocycles. The summed E-state index contributed by atoms with van der Waals surface area (Å²) in [5, 5.41) is 10.2. The number of hydrogen-bond acceptors (Lipinski definition) is 6. The Hall–Kier alpha value is -2.41. The molecule has 0 spiro atoms. The number of halogens is 5. The van der Waals surface area contributed by atoms with E-state index in [0.717, 1.165) is 18.2 Å². The van der Waals surface area contributed by atoms with Crippen molar-refractivity contribution in [2.45, 2.75) is 11.1 Å². The largest absolute Gasteiger partial charge is 0.473 e. The molecule has 0 atom stereocenters. The first kappa shape index (κ1) is 23.9. The molecule has 2 aromatic rings. The fourth-order valence-electron chi connectivity index (χ4n) is 2.04. The number of rotatable bonds is 8. The van der Waals surface area contributed by atoms with Crippen molar-refractivity contribution >= 4 is 38.9 Å². The van der Waals surface area contributed by atoms with E-state index in [1.807, 2.05) is 0 Å². The summed E-state index contributed by atoms with van der Waals surface area (Å²) < 4.78 is 69.8. The molecule has 0 fully saturated rings. The first-order valence-corrected chi connectivity index (χ1v) is 10.1. The fourth-order valence-corrected chi connectivity index (χ4v) is 3.74. The molecule has 0 aliphatic rings. The van der Waals surface area contributed by atoms with Gasteiger partial charge < -0.3 is 4.74 Å². The second-order valence-corrected chi connectivity index (χ2v) is 8.05. The summed E-state index contributed by atoms with van der Waals surface area (Å²) in [5.41, 5.74) is -1.47. The Morgan fingerprint density at radius 2 is 1.90 bits per heavy atom. The molecule has 8 nitrogen and oxygen atoms in total. The normalized spacial score (nSPS) is 12.3. The van der Waals surface area contributed by atoms with Crippen LogP contribution < -0.4 is 9.46 Å². The minimum Gasteiger partial charge on any atom is -0.473 e. The van der Waals surface area contributed by atoms with Gasteiger partial charge in [0, 0.05) is 24.7 Å². The van der Waals surface area contributed by atoms with Gasteiger partial charge in [-0.15, -0.1) is 0 Å². The fraction of sp³-hybridized carbons (Fsp3) is 0.188. The van der Waals surface area contributed by atoms with Crippen molar-refractivity contribution in [3.63, 3.8) is 0 Å². The lowest BCUT2D eigenvalue weighted by Gasteiger charge is -2.09. The number of nitro groups is 1. The van der Waals surface area contributed by atoms with Crippen LogP contribution in [0.4, 0.5) is 18.9 Å². The average Bonchev–Trinajstić information content (AvgIpc) is 2.63. The molecule has 162 valence electrons. The molecule has 0 aliphatic carbocycles. The molecule has 0 bridgehead atoms. The molecular weight excluding hydrogens is 474 g/mol. The van der Waals surface area contributed by atoms with E-state index in [2.05, 4.69) is 9.71 Å². The van der Waals surface area contributed by atoms with Crippen molar-refractivity contribution in [1.82, 2.24) is 9.71 Å². The monoisotopic (exact) mass is 485 g/mol. The summed E-state index contributed by atoms with van der Waals surface area (Å²) in [6.45, 7) is -0.453. The number of ether oxygens (including phenoxy) is 1. The van der Waals surface area contributed by atoms with Gasteiger partial charge >= 0.3 is 6.18 Å². The lowest BCUT2D eigenvalue weighted by molar-refractivity contribution is -0.385. The molecule has 1 aromatic carbocycles. The van der Waals surface area contributed by atoms with E-state index in [1.165, 1.54) is 12.2 Å². The van der Waals surface area contributed by atoms with E-state index in [9.17, 15) is 31.7 Å². The standard InChI is InChI=1S/C16H12Cl2F3N3O5S/c17-12-4-3-11(24(25)26)9-13(12)30(27,28)22-5-1-2-6-29-15-8-10(16(19,20)21)7-14(18)23-15/h1-4,7-9,22H,5-6H2. The molecule has 2 rings (SSSR count). The maximum Gasteiger partial charge on any atom is 0.416 e. The molecule has 0 radical (unpaired) electrons. The number of hydrogen-bond donors (Lipinski definition) is 1. The van der Waals surface area contributed by atoms with Crippen molar-refractivity contribution in [2.24, 2.45) is 0 Å². The van der Waals surface area contributed by atoms with Crippen LogP contribution in [0.5, 0.6) is 5.88 Å². The Labute approximate surface area is 178 Å². The quantitative estimate of drug-likeness (QED) is 0.259. The summed E-state index contributed by atoms with van der Waals surface area (Å²) in [4.78, 5) is 13.2. The van der Waals surface area contributed by atoms with Gasteiger partial charge in [-0.05, 0) is 18.2 Å². The van der Waals surface area contributed by atoms with Crippen molar-refractivity contribution < 1.29 is 31.2 Å². The molecule has 1 heterocycles. The maximum atomic E-state index is 12.7. The highest BCUT2D eigenvalue weighted by molar-refractivity contribution is 7.89. The van der Waals surface area contributed by atoms with Crippen LogP contribution in [0.25, 0.3) is 0 Å². The second-order valence-electron chi connectivity index (χ2n) is 5.52. The van der Waals surface area contributed by atoms with Crippen LogP contribution in [0.3, 0.4) is 0 Å². The number of nitro benzene ring substituents is 1. The highest BCUT2D eigenvalue weighted by Crippen LogP contribution is 2.32. The van der Waals surface area contributed by atoms with Crippen LogP contribution in [-0.2, 0) is 16.2 Å². The molecular formula is C16H12Cl2F3N3O5S. The first-order chi connectivity index (χ1) is 13.9. The summed E-state index contributed by atoms with van der Waals surface area (Å²) in [5.74, 6) is -0.358. The Morgan fingerprint density at radius 1 is 1.20 bits per heavy atom. The third-order valence-corrected chi connectivity index (χ3v) is 5.50. The number of aromatic nitrogens is 1. The van der Waals surface area contributed by atoms with Gasteiger partial charge in [-0.2, -0.15) is 13.2 Å². The van der Waals surface area contributed by atoms with Crippen LogP contribution in [0.1, 0.15) is 5.56 Å². The number of alkyl halides is 3. The van der Waals surface area contributed by atoms with E-state index in [1.54, 1.807) is 0 Å². The summed E-state index contributed by atoms with van der Waals surface area (Å²) in [6.07, 6.45) is -1.97. The molecule has 0 saturated heterocycles. The number of nitrogens with zero attached hydrogens (tertiary/aromatic N) is 2. The predicted octanol–water partition coefficient (Wildman–Crippen LogP) is 4.23. The zero-order chi connectivity index (χ0) is 22.5. The van der Waals surface area contributed by atoms with E-state index in [4.69, 9.17) is 27.9 Å². The van der Waals surface area contributed by atoms with Gasteiger partial charge in [0.25, 0.3) is 5.69 Å². The predicted molar refractivity (Wildman–Crippen MR) is 102 cm³/mol. The third-order valence-electron chi connectivity index (χ3n) is 3.40. The van der Waals surface area contributed by atoms with Crippen molar-refractivity contribution in [3.8, 4) is 5.88 Å². The van der Waals surface area contributed by atoms with Crippen LogP contribution in [0, 0.1) is 10.1 Å². The lowest BCUT2D eigenvalue weighted by atomic mass is 10.2. The summed E-state index contributed by atoms with van der Waals surface area (Å²) in [7, 11) is -4.15. The van der Waals surface area contributed by atoms with Gasteiger partial charge in [0.2, 0.25) is 15.9 Å². The highest BCUT2D eigenvalue weighted by atomic mass is 35.5. The van der Waals surface area contributed by atoms with Crippen molar-refractivity contribution in [1.29, 1.82) is 0 Å². The number of nitrogens with one attached hydrogen (secondary N) is 1. The average molecular weight is 486 g/mol. The number of non-ortho nitro benzene ring substituents is 1. The molecule has 1 N–H and O–H groups in total. The molecule has 0 amide bonds. The van der Waals surface area contributed by atoms with Gasteiger partial charge in [-0.3, -0.25) is 10.1 Å². The number of benzene rings is 1. The first-order valence-electron chi connectivity index (χ1n) is 7.86. The van der Waals surface area contributed by atoms with Gasteiger partial charge in [0.05, 0.1) is 15.5 Å². The second kappa shape index (κ2) is 9.60. The molecule has 0 unspecified atom stereocenters. The summed E-state index contributed by atoms with van der Waals surface area (Å²) >= 11 is 11.3. The Kier molecular flexibility index (Phi) is 7.64. The van der Waals surface area contributed by atoms with Crippen LogP contribution >= 0.6 is 23.2 Å². The Balaban J connectivity index is 1.95. The van der Waals surface area contributed by atoms with Gasteiger partial charge in [0.1, 0.15) is 16.7 Å². The third kappa shape index (κ3) is 6.55. The summed E-state index contributed by atoms with van der Waals surface area (Å²) in [6, 6.07) is 4.29. The van der Waals surface area contributed by atoms with Crippen LogP contribution in [0.2, 0.25) is 10.2 Å². The molecule has 0 aliphatic heterocycles. The minimum absolute atomic E-state index is 0.201. The van der Waals surface area contributed by atoms with E-state index in [-0.39, 0.29) is 24.1 Å². The van der Waals surface area contributed by atoms with E-state index in [0.29, 0.717) is 12.1 Å². The number of sulfonamides is 1. The SMILES string of the molecule is O=[N+]([O-])c1ccc(Cl)c(S(=O)(=O)NCC=CCOc2cc(C(F)(F)F)cc(Cl)n2)c1. The van der Waals surface area contributed by atoms with E-state index >= 15 is 0 Å². The van der Waals surface area contributed by atoms with E-state index < -0.39 is 42.4 Å². The molecule has 14 heteroatoms. The van der Waals surface area contributed by atoms with Crippen LogP contribution in [0.15, 0.2) is 47.4 Å². The van der Waals surface area contributed by atoms with Gasteiger partial charge in [0.15, 0.2) is 0 Å². The highest BCUT2D eigenvalue weighted by Gasteiger charge is 2.31. The smallest absolute Gasteiger partial charge is 0.416 e. The molecule has 1 aromatic heterocycles. The number of pyridine rings is 1. The van der Waals surface area contributed by atoms with Crippen LogP contribution in [-0.4, -0.2) is 31.5 Å². The Morgan fingerprint density at radius 3 is 2.53 bits per heavy atom. The Bertz CT molecular complexity index is 1080. The topological polar surface area (TPSA) is 111 Å². The minimum atomic E-state index is -4.62. The maximum absolute atomic E-state index is 12.7.